The average Bonchev–Trinajstić information content (AvgIpc) is 3.02. The van der Waals surface area contributed by atoms with Crippen LogP contribution < -0.4 is 14.4 Å². The lowest BCUT2D eigenvalue weighted by Crippen LogP contribution is -2.36. The van der Waals surface area contributed by atoms with Gasteiger partial charge in [0.2, 0.25) is 5.91 Å². The van der Waals surface area contributed by atoms with Crippen LogP contribution in [-0.2, 0) is 11.2 Å². The van der Waals surface area contributed by atoms with E-state index >= 15 is 0 Å². The number of methoxy groups -OCH3 is 2. The zero-order valence-corrected chi connectivity index (χ0v) is 20.8. The van der Waals surface area contributed by atoms with Crippen LogP contribution in [-0.4, -0.2) is 57.0 Å². The Morgan fingerprint density at radius 2 is 1.91 bits per heavy atom. The maximum absolute atomic E-state index is 13.2. The highest BCUT2D eigenvalue weighted by Crippen LogP contribution is 2.36. The molecule has 0 fully saturated rings. The number of anilines is 1. The van der Waals surface area contributed by atoms with E-state index in [-0.39, 0.29) is 5.91 Å². The van der Waals surface area contributed by atoms with Crippen LogP contribution in [0, 0.1) is 0 Å². The molecular weight excluding hydrogens is 444 g/mol. The third kappa shape index (κ3) is 6.56. The monoisotopic (exact) mass is 476 g/mol. The number of halogens is 1. The molecule has 0 N–H and O–H groups in total. The number of amides is 1. The van der Waals surface area contributed by atoms with Crippen molar-refractivity contribution in [2.24, 2.45) is 0 Å². The van der Waals surface area contributed by atoms with Crippen LogP contribution in [0.15, 0.2) is 41.3 Å². The Morgan fingerprint density at radius 1 is 1.09 bits per heavy atom. The van der Waals surface area contributed by atoms with Gasteiger partial charge in [-0.05, 0) is 67.5 Å². The molecule has 1 heterocycles. The van der Waals surface area contributed by atoms with Gasteiger partial charge in [0.05, 0.1) is 19.9 Å². The lowest BCUT2D eigenvalue weighted by Gasteiger charge is -2.26. The topological polar surface area (TPSA) is 42.0 Å². The lowest BCUT2D eigenvalue weighted by molar-refractivity contribution is -0.119. The van der Waals surface area contributed by atoms with E-state index in [9.17, 15) is 4.79 Å². The van der Waals surface area contributed by atoms with Crippen LogP contribution in [0.1, 0.15) is 31.7 Å². The standard InChI is InChI=1S/C25H33ClN2O3S/c1-4-12-27(14-10-19-6-9-22(30-2)23(17-19)31-3)15-11-25(29)28-13-5-16-32-24-18-20(26)7-8-21(24)28/h6-9,17-18H,4-5,10-16H2,1-3H3. The van der Waals surface area contributed by atoms with E-state index in [1.807, 2.05) is 35.2 Å². The summed E-state index contributed by atoms with van der Waals surface area (Å²) in [7, 11) is 3.30. The van der Waals surface area contributed by atoms with Gasteiger partial charge in [0.25, 0.3) is 0 Å². The van der Waals surface area contributed by atoms with Gasteiger partial charge in [0.1, 0.15) is 0 Å². The first kappa shape index (κ1) is 24.7. The minimum Gasteiger partial charge on any atom is -0.493 e. The summed E-state index contributed by atoms with van der Waals surface area (Å²) in [5, 5.41) is 0.717. The normalized spacial score (nSPS) is 13.6. The van der Waals surface area contributed by atoms with Gasteiger partial charge >= 0.3 is 0 Å². The van der Waals surface area contributed by atoms with Gasteiger partial charge in [-0.2, -0.15) is 0 Å². The summed E-state index contributed by atoms with van der Waals surface area (Å²) in [5.41, 5.74) is 2.19. The number of fused-ring (bicyclic) bond motifs is 1. The van der Waals surface area contributed by atoms with E-state index in [2.05, 4.69) is 17.9 Å². The predicted octanol–water partition coefficient (Wildman–Crippen LogP) is 5.53. The zero-order chi connectivity index (χ0) is 22.9. The Labute approximate surface area is 201 Å². The summed E-state index contributed by atoms with van der Waals surface area (Å²) in [6.45, 7) is 5.57. The third-order valence-electron chi connectivity index (χ3n) is 5.64. The summed E-state index contributed by atoms with van der Waals surface area (Å²) in [6.07, 6.45) is 3.46. The molecule has 2 aromatic rings. The molecule has 2 aromatic carbocycles. The molecule has 0 spiro atoms. The summed E-state index contributed by atoms with van der Waals surface area (Å²) in [5.74, 6) is 2.68. The van der Waals surface area contributed by atoms with Gasteiger partial charge in [-0.1, -0.05) is 24.6 Å². The van der Waals surface area contributed by atoms with Crippen molar-refractivity contribution >= 4 is 35.0 Å². The predicted molar refractivity (Wildman–Crippen MR) is 134 cm³/mol. The quantitative estimate of drug-likeness (QED) is 0.451. The molecule has 32 heavy (non-hydrogen) atoms. The third-order valence-corrected chi connectivity index (χ3v) is 7.01. The van der Waals surface area contributed by atoms with Crippen molar-refractivity contribution in [2.75, 3.05) is 51.1 Å². The summed E-state index contributed by atoms with van der Waals surface area (Å²) < 4.78 is 10.8. The number of hydrogen-bond donors (Lipinski definition) is 0. The molecule has 0 atom stereocenters. The van der Waals surface area contributed by atoms with Crippen molar-refractivity contribution < 1.29 is 14.3 Å². The van der Waals surface area contributed by atoms with Gasteiger partial charge in [0, 0.05) is 36.0 Å². The number of rotatable bonds is 10. The molecule has 3 rings (SSSR count). The van der Waals surface area contributed by atoms with E-state index in [1.165, 1.54) is 5.56 Å². The Hall–Kier alpha value is -1.89. The zero-order valence-electron chi connectivity index (χ0n) is 19.2. The maximum atomic E-state index is 13.2. The first-order valence-electron chi connectivity index (χ1n) is 11.2. The Balaban J connectivity index is 1.60. The molecule has 0 aliphatic carbocycles. The molecule has 0 aromatic heterocycles. The smallest absolute Gasteiger partial charge is 0.228 e. The van der Waals surface area contributed by atoms with Gasteiger partial charge in [-0.3, -0.25) is 4.79 Å². The molecule has 5 nitrogen and oxygen atoms in total. The molecule has 1 amide bonds. The number of hydrogen-bond acceptors (Lipinski definition) is 5. The van der Waals surface area contributed by atoms with Crippen LogP contribution in [0.2, 0.25) is 5.02 Å². The minimum atomic E-state index is 0.184. The van der Waals surface area contributed by atoms with Crippen molar-refractivity contribution in [2.45, 2.75) is 37.5 Å². The largest absolute Gasteiger partial charge is 0.493 e. The molecule has 1 aliphatic rings. The van der Waals surface area contributed by atoms with Crippen LogP contribution >= 0.6 is 23.4 Å². The molecular formula is C25H33ClN2O3S. The molecule has 1 aliphatic heterocycles. The number of carbonyl (C=O) groups excluding carboxylic acids is 1. The van der Waals surface area contributed by atoms with E-state index < -0.39 is 0 Å². The van der Waals surface area contributed by atoms with Gasteiger partial charge < -0.3 is 19.3 Å². The summed E-state index contributed by atoms with van der Waals surface area (Å²) in [4.78, 5) is 18.6. The molecule has 0 radical (unpaired) electrons. The van der Waals surface area contributed by atoms with Crippen molar-refractivity contribution in [3.05, 3.63) is 47.0 Å². The lowest BCUT2D eigenvalue weighted by atomic mass is 10.1. The van der Waals surface area contributed by atoms with Crippen molar-refractivity contribution in [1.82, 2.24) is 4.90 Å². The second-order valence-corrected chi connectivity index (χ2v) is 9.46. The molecule has 7 heteroatoms. The Bertz CT molecular complexity index is 909. The van der Waals surface area contributed by atoms with Gasteiger partial charge in [0.15, 0.2) is 11.5 Å². The molecule has 0 saturated carbocycles. The van der Waals surface area contributed by atoms with E-state index in [4.69, 9.17) is 21.1 Å². The highest BCUT2D eigenvalue weighted by atomic mass is 35.5. The highest BCUT2D eigenvalue weighted by Gasteiger charge is 2.22. The Morgan fingerprint density at radius 3 is 2.66 bits per heavy atom. The molecule has 0 saturated heterocycles. The average molecular weight is 477 g/mol. The molecule has 174 valence electrons. The van der Waals surface area contributed by atoms with Crippen LogP contribution in [0.4, 0.5) is 5.69 Å². The maximum Gasteiger partial charge on any atom is 0.228 e. The van der Waals surface area contributed by atoms with Crippen LogP contribution in [0.25, 0.3) is 0 Å². The number of benzene rings is 2. The number of carbonyl (C=O) groups is 1. The van der Waals surface area contributed by atoms with E-state index in [1.54, 1.807) is 26.0 Å². The highest BCUT2D eigenvalue weighted by molar-refractivity contribution is 7.99. The van der Waals surface area contributed by atoms with Gasteiger partial charge in [-0.15, -0.1) is 11.8 Å². The minimum absolute atomic E-state index is 0.184. The fraction of sp³-hybridized carbons (Fsp3) is 0.480. The van der Waals surface area contributed by atoms with Crippen LogP contribution in [0.5, 0.6) is 11.5 Å². The molecule has 0 bridgehead atoms. The SMILES string of the molecule is CCCN(CCC(=O)N1CCCSc2cc(Cl)ccc21)CCc1ccc(OC)c(OC)c1. The number of nitrogens with zero attached hydrogens (tertiary/aromatic N) is 2. The molecule has 0 unspecified atom stereocenters. The summed E-state index contributed by atoms with van der Waals surface area (Å²) in [6, 6.07) is 11.9. The van der Waals surface area contributed by atoms with Crippen molar-refractivity contribution in [3.8, 4) is 11.5 Å². The second kappa shape index (κ2) is 12.4. The second-order valence-electron chi connectivity index (χ2n) is 7.89. The fourth-order valence-electron chi connectivity index (χ4n) is 3.97. The van der Waals surface area contributed by atoms with Gasteiger partial charge in [-0.25, -0.2) is 0 Å². The summed E-state index contributed by atoms with van der Waals surface area (Å²) >= 11 is 7.96. The first-order chi connectivity index (χ1) is 15.5. The van der Waals surface area contributed by atoms with E-state index in [0.29, 0.717) is 6.42 Å². The van der Waals surface area contributed by atoms with E-state index in [0.717, 1.165) is 78.3 Å². The van der Waals surface area contributed by atoms with Crippen molar-refractivity contribution in [3.63, 3.8) is 0 Å². The Kier molecular flexibility index (Phi) is 9.57. The fourth-order valence-corrected chi connectivity index (χ4v) is 5.24. The van der Waals surface area contributed by atoms with Crippen LogP contribution in [0.3, 0.4) is 0 Å². The number of thioether (sulfide) groups is 1. The first-order valence-corrected chi connectivity index (χ1v) is 12.6. The number of ether oxygens (including phenoxy) is 2. The van der Waals surface area contributed by atoms with Crippen molar-refractivity contribution in [1.29, 1.82) is 0 Å².